The number of ether oxygens (including phenoxy) is 1. The van der Waals surface area contributed by atoms with Crippen LogP contribution in [0.1, 0.15) is 25.7 Å². The van der Waals surface area contributed by atoms with Crippen molar-refractivity contribution in [1.82, 2.24) is 0 Å². The fourth-order valence-electron chi connectivity index (χ4n) is 1.90. The number of hydrogen-bond acceptors (Lipinski definition) is 1. The van der Waals surface area contributed by atoms with Crippen molar-refractivity contribution in [2.75, 3.05) is 26.2 Å². The van der Waals surface area contributed by atoms with Crippen LogP contribution in [0.4, 0.5) is 0 Å². The van der Waals surface area contributed by atoms with E-state index in [1.165, 1.54) is 45.3 Å². The van der Waals surface area contributed by atoms with E-state index < -0.39 is 0 Å². The van der Waals surface area contributed by atoms with Gasteiger partial charge in [-0.25, -0.2) is 0 Å². The van der Waals surface area contributed by atoms with Gasteiger partial charge in [-0.15, -0.1) is 0 Å². The molecule has 2 heterocycles. The molecule has 0 saturated carbocycles. The van der Waals surface area contributed by atoms with Crippen molar-refractivity contribution < 1.29 is 22.0 Å². The monoisotopic (exact) mass is 191 g/mol. The molecule has 0 aromatic heterocycles. The summed E-state index contributed by atoms with van der Waals surface area (Å²) in [6, 6.07) is 0. The molecule has 0 aromatic rings. The Morgan fingerprint density at radius 3 is 2.42 bits per heavy atom. The summed E-state index contributed by atoms with van der Waals surface area (Å²) < 4.78 is 5.19. The highest BCUT2D eigenvalue weighted by molar-refractivity contribution is 4.67. The molecule has 0 spiro atoms. The van der Waals surface area contributed by atoms with Gasteiger partial charge < -0.3 is 22.0 Å². The summed E-state index contributed by atoms with van der Waals surface area (Å²) in [5, 5.41) is 0. The van der Waals surface area contributed by atoms with Crippen molar-refractivity contribution in [3.8, 4) is 0 Å². The molecule has 3 heteroatoms. The summed E-state index contributed by atoms with van der Waals surface area (Å²) in [4.78, 5) is 1.81. The molecular formula is C9H18ClNO. The second kappa shape index (κ2) is 5.05. The summed E-state index contributed by atoms with van der Waals surface area (Å²) in [5.74, 6) is 0. The van der Waals surface area contributed by atoms with Crippen LogP contribution in [0.2, 0.25) is 0 Å². The van der Waals surface area contributed by atoms with Gasteiger partial charge in [0.15, 0.2) is 0 Å². The van der Waals surface area contributed by atoms with Gasteiger partial charge >= 0.3 is 0 Å². The Labute approximate surface area is 80.7 Å². The van der Waals surface area contributed by atoms with Crippen LogP contribution in [0, 0.1) is 0 Å². The first kappa shape index (κ1) is 10.3. The minimum absolute atomic E-state index is 0. The van der Waals surface area contributed by atoms with Gasteiger partial charge in [0.25, 0.3) is 0 Å². The molecular weight excluding hydrogens is 174 g/mol. The predicted octanol–water partition coefficient (Wildman–Crippen LogP) is -3.15. The van der Waals surface area contributed by atoms with Gasteiger partial charge in [0, 0.05) is 6.42 Å². The van der Waals surface area contributed by atoms with Crippen molar-refractivity contribution in [1.29, 1.82) is 0 Å². The summed E-state index contributed by atoms with van der Waals surface area (Å²) in [7, 11) is 0. The molecule has 12 heavy (non-hydrogen) atoms. The number of halogens is 1. The van der Waals surface area contributed by atoms with Gasteiger partial charge in [0.1, 0.15) is 0 Å². The fourth-order valence-corrected chi connectivity index (χ4v) is 1.90. The summed E-state index contributed by atoms with van der Waals surface area (Å²) in [6.45, 7) is 5.21. The normalized spacial score (nSPS) is 29.5. The Morgan fingerprint density at radius 2 is 1.83 bits per heavy atom. The van der Waals surface area contributed by atoms with Gasteiger partial charge in [-0.1, -0.05) is 0 Å². The molecule has 0 amide bonds. The van der Waals surface area contributed by atoms with Gasteiger partial charge in [0.2, 0.25) is 0 Å². The fraction of sp³-hybridized carbons (Fsp3) is 1.00. The van der Waals surface area contributed by atoms with E-state index in [0.717, 1.165) is 6.61 Å². The molecule has 2 aliphatic rings. The van der Waals surface area contributed by atoms with E-state index in [2.05, 4.69) is 0 Å². The third-order valence-electron chi connectivity index (χ3n) is 2.78. The maximum absolute atomic E-state index is 5.19. The van der Waals surface area contributed by atoms with Crippen LogP contribution in [0.5, 0.6) is 0 Å². The number of piperidine rings is 1. The molecule has 2 saturated heterocycles. The maximum atomic E-state index is 5.19. The maximum Gasteiger partial charge on any atom is 0.0863 e. The smallest absolute Gasteiger partial charge is 0.0863 e. The molecule has 0 aliphatic carbocycles. The van der Waals surface area contributed by atoms with Crippen LogP contribution in [-0.2, 0) is 4.74 Å². The number of quaternary nitrogens is 1. The first-order chi connectivity index (χ1) is 5.45. The first-order valence-corrected chi connectivity index (χ1v) is 4.90. The lowest BCUT2D eigenvalue weighted by molar-refractivity contribution is -0.905. The van der Waals surface area contributed by atoms with Gasteiger partial charge in [-0.3, -0.25) is 0 Å². The lowest BCUT2D eigenvalue weighted by Crippen LogP contribution is -3.12. The molecule has 0 aromatic carbocycles. The Bertz CT molecular complexity index is 122. The second-order valence-electron chi connectivity index (χ2n) is 3.80. The third-order valence-corrected chi connectivity index (χ3v) is 2.78. The third kappa shape index (κ3) is 3.30. The average Bonchev–Trinajstić information content (AvgIpc) is 2.86. The van der Waals surface area contributed by atoms with Crippen molar-refractivity contribution in [2.24, 2.45) is 0 Å². The van der Waals surface area contributed by atoms with Gasteiger partial charge in [0.05, 0.1) is 32.3 Å². The molecule has 2 fully saturated rings. The van der Waals surface area contributed by atoms with Crippen LogP contribution in [0.15, 0.2) is 0 Å². The van der Waals surface area contributed by atoms with Crippen molar-refractivity contribution in [3.05, 3.63) is 0 Å². The van der Waals surface area contributed by atoms with E-state index in [9.17, 15) is 0 Å². The van der Waals surface area contributed by atoms with Crippen molar-refractivity contribution in [2.45, 2.75) is 31.8 Å². The number of epoxide rings is 1. The average molecular weight is 192 g/mol. The number of nitrogens with one attached hydrogen (secondary N) is 1. The van der Waals surface area contributed by atoms with E-state index in [1.807, 2.05) is 4.90 Å². The topological polar surface area (TPSA) is 17.0 Å². The highest BCUT2D eigenvalue weighted by atomic mass is 35.5. The molecule has 2 rings (SSSR count). The Hall–Kier alpha value is 0.210. The van der Waals surface area contributed by atoms with E-state index in [-0.39, 0.29) is 12.4 Å². The van der Waals surface area contributed by atoms with E-state index in [1.54, 1.807) is 0 Å². The standard InChI is InChI=1S/C9H17NO.ClH/c1-2-5-10(6-3-1)7-4-9-8-11-9;/h9H,1-8H2;1H. The number of rotatable bonds is 3. The number of hydrogen-bond donors (Lipinski definition) is 1. The quantitative estimate of drug-likeness (QED) is 0.467. The Balaban J connectivity index is 0.000000720. The first-order valence-electron chi connectivity index (χ1n) is 4.90. The van der Waals surface area contributed by atoms with Crippen LogP contribution < -0.4 is 17.3 Å². The molecule has 0 radical (unpaired) electrons. The molecule has 2 nitrogen and oxygen atoms in total. The highest BCUT2D eigenvalue weighted by Crippen LogP contribution is 2.11. The van der Waals surface area contributed by atoms with Crippen molar-refractivity contribution in [3.63, 3.8) is 0 Å². The van der Waals surface area contributed by atoms with Crippen LogP contribution >= 0.6 is 0 Å². The molecule has 1 unspecified atom stereocenters. The number of likely N-dealkylation sites (tertiary alicyclic amines) is 1. The van der Waals surface area contributed by atoms with Crippen LogP contribution in [0.25, 0.3) is 0 Å². The van der Waals surface area contributed by atoms with Gasteiger partial charge in [-0.2, -0.15) is 0 Å². The molecule has 72 valence electrons. The Morgan fingerprint density at radius 1 is 1.17 bits per heavy atom. The molecule has 1 atom stereocenters. The molecule has 2 aliphatic heterocycles. The Kier molecular flexibility index (Phi) is 4.33. The molecule has 0 bridgehead atoms. The zero-order chi connectivity index (χ0) is 7.52. The lowest BCUT2D eigenvalue weighted by Gasteiger charge is -2.22. The van der Waals surface area contributed by atoms with E-state index in [4.69, 9.17) is 4.74 Å². The SMILES string of the molecule is C1CC[NH+](CCC2CO2)CC1.[Cl-]. The van der Waals surface area contributed by atoms with Crippen LogP contribution in [-0.4, -0.2) is 32.3 Å². The van der Waals surface area contributed by atoms with Crippen LogP contribution in [0.3, 0.4) is 0 Å². The molecule has 1 N–H and O–H groups in total. The second-order valence-corrected chi connectivity index (χ2v) is 3.80. The van der Waals surface area contributed by atoms with Gasteiger partial charge in [-0.05, 0) is 19.3 Å². The summed E-state index contributed by atoms with van der Waals surface area (Å²) in [6.07, 6.45) is 6.30. The van der Waals surface area contributed by atoms with Crippen molar-refractivity contribution >= 4 is 0 Å². The van der Waals surface area contributed by atoms with E-state index >= 15 is 0 Å². The zero-order valence-corrected chi connectivity index (χ0v) is 8.28. The lowest BCUT2D eigenvalue weighted by atomic mass is 10.1. The minimum Gasteiger partial charge on any atom is -1.00 e. The summed E-state index contributed by atoms with van der Waals surface area (Å²) in [5.41, 5.74) is 0. The van der Waals surface area contributed by atoms with E-state index in [0.29, 0.717) is 6.10 Å². The zero-order valence-electron chi connectivity index (χ0n) is 7.52. The minimum atomic E-state index is 0. The highest BCUT2D eigenvalue weighted by Gasteiger charge is 2.24. The largest absolute Gasteiger partial charge is 1.00 e. The predicted molar refractivity (Wildman–Crippen MR) is 43.8 cm³/mol. The summed E-state index contributed by atoms with van der Waals surface area (Å²) >= 11 is 0.